The van der Waals surface area contributed by atoms with E-state index >= 15 is 0 Å². The van der Waals surface area contributed by atoms with E-state index in [0.29, 0.717) is 37.0 Å². The van der Waals surface area contributed by atoms with E-state index in [1.807, 2.05) is 0 Å². The lowest BCUT2D eigenvalue weighted by Gasteiger charge is -2.63. The molecular weight excluding hydrogens is 468 g/mol. The Kier molecular flexibility index (Phi) is 8.00. The molecule has 4 rings (SSSR count). The summed E-state index contributed by atoms with van der Waals surface area (Å²) in [6.07, 6.45) is 4.99. The van der Waals surface area contributed by atoms with Gasteiger partial charge in [0.1, 0.15) is 11.7 Å². The summed E-state index contributed by atoms with van der Waals surface area (Å²) < 4.78 is 5.45. The van der Waals surface area contributed by atoms with Crippen LogP contribution < -0.4 is 0 Å². The van der Waals surface area contributed by atoms with Crippen LogP contribution in [0.5, 0.6) is 0 Å². The fourth-order valence-corrected chi connectivity index (χ4v) is 10.2. The monoisotopic (exact) mass is 520 g/mol. The minimum Gasteiger partial charge on any atom is -0.462 e. The highest BCUT2D eigenvalue weighted by molar-refractivity contribution is 5.89. The summed E-state index contributed by atoms with van der Waals surface area (Å²) in [7, 11) is 0. The van der Waals surface area contributed by atoms with Crippen molar-refractivity contribution in [3.63, 3.8) is 0 Å². The average Bonchev–Trinajstić information content (AvgIpc) is 3.17. The molecule has 0 radical (unpaired) electrons. The third-order valence-electron chi connectivity index (χ3n) is 12.3. The van der Waals surface area contributed by atoms with Gasteiger partial charge in [-0.3, -0.25) is 9.59 Å². The number of esters is 1. The molecule has 3 N–H and O–H groups in total. The molecule has 6 nitrogen and oxygen atoms in total. The standard InChI is InChI=1S/C31H52O6/c1-8-21(17(2)3)28(35)27(34)18(4)23-9-10-24-22-15-26(33)31(36)16-20(37-19(5)32)11-14-30(31,7)25(22)12-13-29(23,24)6/h17-18,20-25,27-28,34-36H,8-16H2,1-7H3/t18-,20-,21-,22?,23+,24?,25?,27-,28-,29+,30+,31-/m0/s1. The first-order valence-corrected chi connectivity index (χ1v) is 15.0. The number of ketones is 1. The van der Waals surface area contributed by atoms with Crippen LogP contribution >= 0.6 is 0 Å². The molecular formula is C31H52O6. The molecule has 4 aliphatic rings. The second-order valence-electron chi connectivity index (χ2n) is 14.1. The summed E-state index contributed by atoms with van der Waals surface area (Å²) in [6, 6.07) is 0. The number of fused-ring (bicyclic) bond motifs is 5. The largest absolute Gasteiger partial charge is 0.462 e. The number of Topliss-reactive ketones (excluding diaryl/α,β-unsaturated/α-hetero) is 1. The maximum absolute atomic E-state index is 13.7. The van der Waals surface area contributed by atoms with Crippen LogP contribution in [0.2, 0.25) is 0 Å². The van der Waals surface area contributed by atoms with Crippen LogP contribution in [0.3, 0.4) is 0 Å². The van der Waals surface area contributed by atoms with Crippen LogP contribution in [0.25, 0.3) is 0 Å². The minimum atomic E-state index is -1.43. The van der Waals surface area contributed by atoms with Crippen molar-refractivity contribution < 1.29 is 29.6 Å². The molecule has 0 saturated heterocycles. The van der Waals surface area contributed by atoms with Gasteiger partial charge in [0.05, 0.1) is 12.2 Å². The zero-order valence-electron chi connectivity index (χ0n) is 24.2. The molecule has 0 heterocycles. The topological polar surface area (TPSA) is 104 Å². The first-order valence-electron chi connectivity index (χ1n) is 15.0. The fraction of sp³-hybridized carbons (Fsp3) is 0.935. The minimum absolute atomic E-state index is 0.0136. The molecule has 0 aliphatic heterocycles. The van der Waals surface area contributed by atoms with Gasteiger partial charge in [0.25, 0.3) is 0 Å². The molecule has 12 atom stereocenters. The molecule has 3 unspecified atom stereocenters. The van der Waals surface area contributed by atoms with E-state index in [0.717, 1.165) is 32.1 Å². The lowest BCUT2D eigenvalue weighted by atomic mass is 9.42. The van der Waals surface area contributed by atoms with Crippen molar-refractivity contribution in [1.82, 2.24) is 0 Å². The summed E-state index contributed by atoms with van der Waals surface area (Å²) in [6.45, 7) is 14.3. The normalized spacial score (nSPS) is 44.8. The van der Waals surface area contributed by atoms with Crippen molar-refractivity contribution in [3.8, 4) is 0 Å². The SMILES string of the molecule is CC[C@@H](C(C)C)[C@H](O)[C@@H](O)[C@@H](C)[C@H]1CCC2C3CC(=O)[C@@]4(O)C[C@@H](OC(C)=O)CC[C@]4(C)C3CC[C@@]21C. The number of hydrogen-bond acceptors (Lipinski definition) is 6. The number of aliphatic hydroxyl groups is 3. The van der Waals surface area contributed by atoms with Crippen LogP contribution in [0, 0.1) is 52.3 Å². The first kappa shape index (κ1) is 29.0. The van der Waals surface area contributed by atoms with Gasteiger partial charge < -0.3 is 20.1 Å². The molecule has 4 saturated carbocycles. The zero-order valence-corrected chi connectivity index (χ0v) is 24.2. The molecule has 0 bridgehead atoms. The van der Waals surface area contributed by atoms with E-state index in [1.165, 1.54) is 6.92 Å². The van der Waals surface area contributed by atoms with Gasteiger partial charge in [-0.05, 0) is 85.4 Å². The van der Waals surface area contributed by atoms with E-state index in [9.17, 15) is 24.9 Å². The van der Waals surface area contributed by atoms with E-state index in [-0.39, 0.29) is 47.3 Å². The van der Waals surface area contributed by atoms with Gasteiger partial charge in [0.2, 0.25) is 0 Å². The second kappa shape index (κ2) is 10.2. The van der Waals surface area contributed by atoms with E-state index < -0.39 is 29.3 Å². The quantitative estimate of drug-likeness (QED) is 0.412. The van der Waals surface area contributed by atoms with Crippen LogP contribution in [-0.2, 0) is 14.3 Å². The smallest absolute Gasteiger partial charge is 0.302 e. The molecule has 4 aliphatic carbocycles. The highest BCUT2D eigenvalue weighted by atomic mass is 16.5. The van der Waals surface area contributed by atoms with Gasteiger partial charge in [0.15, 0.2) is 5.78 Å². The lowest BCUT2D eigenvalue weighted by molar-refractivity contribution is -0.217. The van der Waals surface area contributed by atoms with Crippen molar-refractivity contribution in [3.05, 3.63) is 0 Å². The van der Waals surface area contributed by atoms with Crippen LogP contribution in [0.4, 0.5) is 0 Å². The summed E-state index contributed by atoms with van der Waals surface area (Å²) in [4.78, 5) is 25.2. The van der Waals surface area contributed by atoms with Gasteiger partial charge in [-0.1, -0.05) is 48.0 Å². The van der Waals surface area contributed by atoms with Crippen molar-refractivity contribution in [2.75, 3.05) is 0 Å². The molecule has 37 heavy (non-hydrogen) atoms. The number of rotatable bonds is 7. The van der Waals surface area contributed by atoms with Gasteiger partial charge in [-0.2, -0.15) is 0 Å². The van der Waals surface area contributed by atoms with Gasteiger partial charge in [-0.15, -0.1) is 0 Å². The molecule has 4 fully saturated rings. The molecule has 0 spiro atoms. The first-order chi connectivity index (χ1) is 17.2. The van der Waals surface area contributed by atoms with Crippen molar-refractivity contribution in [2.45, 2.75) is 130 Å². The fourth-order valence-electron chi connectivity index (χ4n) is 10.2. The van der Waals surface area contributed by atoms with Crippen molar-refractivity contribution >= 4 is 11.8 Å². The Bertz CT molecular complexity index is 872. The third-order valence-corrected chi connectivity index (χ3v) is 12.3. The Labute approximate surface area is 223 Å². The predicted octanol–water partition coefficient (Wildman–Crippen LogP) is 4.91. The molecule has 0 aromatic carbocycles. The number of hydrogen-bond donors (Lipinski definition) is 3. The van der Waals surface area contributed by atoms with Crippen molar-refractivity contribution in [2.24, 2.45) is 52.3 Å². The van der Waals surface area contributed by atoms with Crippen LogP contribution in [-0.4, -0.2) is 51.0 Å². The van der Waals surface area contributed by atoms with Crippen molar-refractivity contribution in [1.29, 1.82) is 0 Å². The Morgan fingerprint density at radius 2 is 1.70 bits per heavy atom. The van der Waals surface area contributed by atoms with E-state index in [4.69, 9.17) is 4.74 Å². The molecule has 0 amide bonds. The molecule has 6 heteroatoms. The highest BCUT2D eigenvalue weighted by Crippen LogP contribution is 2.68. The van der Waals surface area contributed by atoms with Crippen LogP contribution in [0.1, 0.15) is 106 Å². The second-order valence-corrected chi connectivity index (χ2v) is 14.1. The third kappa shape index (κ3) is 4.51. The Hall–Kier alpha value is -0.980. The Morgan fingerprint density at radius 3 is 2.30 bits per heavy atom. The summed E-state index contributed by atoms with van der Waals surface area (Å²) in [5.74, 6) is 1.13. The van der Waals surface area contributed by atoms with E-state index in [1.54, 1.807) is 0 Å². The number of carbonyl (C=O) groups is 2. The summed E-state index contributed by atoms with van der Waals surface area (Å²) in [5.41, 5.74) is -1.92. The van der Waals surface area contributed by atoms with Gasteiger partial charge >= 0.3 is 5.97 Å². The zero-order chi connectivity index (χ0) is 27.5. The molecule has 0 aromatic heterocycles. The van der Waals surface area contributed by atoms with E-state index in [2.05, 4.69) is 41.5 Å². The van der Waals surface area contributed by atoms with Gasteiger partial charge in [0, 0.05) is 25.2 Å². The average molecular weight is 521 g/mol. The summed E-state index contributed by atoms with van der Waals surface area (Å²) >= 11 is 0. The maximum atomic E-state index is 13.7. The molecule has 0 aromatic rings. The summed E-state index contributed by atoms with van der Waals surface area (Å²) in [5, 5.41) is 34.3. The van der Waals surface area contributed by atoms with Crippen LogP contribution in [0.15, 0.2) is 0 Å². The number of carbonyl (C=O) groups excluding carboxylic acids is 2. The highest BCUT2D eigenvalue weighted by Gasteiger charge is 2.68. The molecule has 212 valence electrons. The predicted molar refractivity (Wildman–Crippen MR) is 142 cm³/mol. The van der Waals surface area contributed by atoms with Gasteiger partial charge in [-0.25, -0.2) is 0 Å². The maximum Gasteiger partial charge on any atom is 0.302 e. The number of ether oxygens (including phenoxy) is 1. The Balaban J connectivity index is 1.55. The Morgan fingerprint density at radius 1 is 1.03 bits per heavy atom. The number of aliphatic hydroxyl groups excluding tert-OH is 2. The lowest BCUT2D eigenvalue weighted by Crippen LogP contribution is -2.67.